The normalized spacial score (nSPS) is 20.2. The minimum atomic E-state index is 1.01. The summed E-state index contributed by atoms with van der Waals surface area (Å²) in [4.78, 5) is 2.57. The molecule has 0 aromatic rings. The highest BCUT2D eigenvalue weighted by molar-refractivity contribution is 4.69. The molecule has 0 heterocycles. The third kappa shape index (κ3) is 3.14. The summed E-state index contributed by atoms with van der Waals surface area (Å²) in [6.45, 7) is 8.35. The number of rotatable bonds is 4. The SMILES string of the molecule is CCN(CC)CC1CCCCC1. The fourth-order valence-electron chi connectivity index (χ4n) is 2.22. The van der Waals surface area contributed by atoms with Crippen molar-refractivity contribution in [1.29, 1.82) is 0 Å². The first-order valence-corrected chi connectivity index (χ1v) is 5.59. The lowest BCUT2D eigenvalue weighted by Crippen LogP contribution is -2.30. The van der Waals surface area contributed by atoms with E-state index in [0.29, 0.717) is 0 Å². The molecule has 1 heteroatoms. The number of hydrogen-bond donors (Lipinski definition) is 0. The summed E-state index contributed by atoms with van der Waals surface area (Å²) >= 11 is 0. The van der Waals surface area contributed by atoms with Crippen molar-refractivity contribution in [2.24, 2.45) is 5.92 Å². The van der Waals surface area contributed by atoms with Crippen LogP contribution in [0.15, 0.2) is 0 Å². The van der Waals surface area contributed by atoms with Gasteiger partial charge in [-0.25, -0.2) is 0 Å². The molecule has 0 aromatic carbocycles. The Morgan fingerprint density at radius 1 is 1.00 bits per heavy atom. The topological polar surface area (TPSA) is 3.24 Å². The van der Waals surface area contributed by atoms with Crippen LogP contribution in [0.3, 0.4) is 0 Å². The van der Waals surface area contributed by atoms with Crippen LogP contribution in [-0.2, 0) is 0 Å². The Bertz CT molecular complexity index is 102. The van der Waals surface area contributed by atoms with E-state index in [-0.39, 0.29) is 0 Å². The molecule has 0 radical (unpaired) electrons. The van der Waals surface area contributed by atoms with Gasteiger partial charge in [0.05, 0.1) is 0 Å². The second-order valence-corrected chi connectivity index (χ2v) is 3.99. The lowest BCUT2D eigenvalue weighted by molar-refractivity contribution is 0.216. The maximum Gasteiger partial charge on any atom is 0.000942 e. The van der Waals surface area contributed by atoms with Gasteiger partial charge in [0.25, 0.3) is 0 Å². The van der Waals surface area contributed by atoms with Crippen LogP contribution >= 0.6 is 0 Å². The van der Waals surface area contributed by atoms with E-state index in [4.69, 9.17) is 0 Å². The molecule has 1 fully saturated rings. The summed E-state index contributed by atoms with van der Waals surface area (Å²) < 4.78 is 0. The Hall–Kier alpha value is -0.0400. The highest BCUT2D eigenvalue weighted by atomic mass is 15.1. The van der Waals surface area contributed by atoms with Crippen molar-refractivity contribution < 1.29 is 0 Å². The Morgan fingerprint density at radius 3 is 2.08 bits per heavy atom. The molecule has 0 unspecified atom stereocenters. The Kier molecular flexibility index (Phi) is 4.67. The zero-order valence-corrected chi connectivity index (χ0v) is 8.68. The van der Waals surface area contributed by atoms with Crippen LogP contribution in [0.5, 0.6) is 0 Å². The first kappa shape index (κ1) is 10.0. The molecule has 72 valence electrons. The lowest BCUT2D eigenvalue weighted by Gasteiger charge is -2.27. The van der Waals surface area contributed by atoms with Crippen LogP contribution in [0.4, 0.5) is 0 Å². The second kappa shape index (κ2) is 5.58. The molecule has 0 aliphatic heterocycles. The Balaban J connectivity index is 2.18. The van der Waals surface area contributed by atoms with E-state index in [1.165, 1.54) is 51.7 Å². The third-order valence-corrected chi connectivity index (χ3v) is 3.14. The van der Waals surface area contributed by atoms with Crippen molar-refractivity contribution in [3.63, 3.8) is 0 Å². The standard InChI is InChI=1S/C11H23N/c1-3-12(4-2)10-11-8-6-5-7-9-11/h11H,3-10H2,1-2H3. The minimum absolute atomic E-state index is 1.01. The summed E-state index contributed by atoms with van der Waals surface area (Å²) in [7, 11) is 0. The summed E-state index contributed by atoms with van der Waals surface area (Å²) in [6.07, 6.45) is 7.40. The summed E-state index contributed by atoms with van der Waals surface area (Å²) in [6, 6.07) is 0. The molecule has 0 amide bonds. The zero-order valence-electron chi connectivity index (χ0n) is 8.68. The first-order valence-electron chi connectivity index (χ1n) is 5.59. The fourth-order valence-corrected chi connectivity index (χ4v) is 2.22. The maximum atomic E-state index is 2.57. The lowest BCUT2D eigenvalue weighted by atomic mass is 9.89. The van der Waals surface area contributed by atoms with E-state index in [2.05, 4.69) is 18.7 Å². The van der Waals surface area contributed by atoms with E-state index in [9.17, 15) is 0 Å². The smallest absolute Gasteiger partial charge is 0.000942 e. The van der Waals surface area contributed by atoms with Crippen molar-refractivity contribution in [3.8, 4) is 0 Å². The van der Waals surface area contributed by atoms with Gasteiger partial charge < -0.3 is 4.90 Å². The molecule has 1 rings (SSSR count). The molecular formula is C11H23N. The molecule has 0 atom stereocenters. The van der Waals surface area contributed by atoms with Gasteiger partial charge in [0.15, 0.2) is 0 Å². The van der Waals surface area contributed by atoms with Crippen LogP contribution in [0.2, 0.25) is 0 Å². The maximum absolute atomic E-state index is 2.57. The van der Waals surface area contributed by atoms with Crippen molar-refractivity contribution >= 4 is 0 Å². The number of hydrogen-bond acceptors (Lipinski definition) is 1. The highest BCUT2D eigenvalue weighted by Gasteiger charge is 2.15. The van der Waals surface area contributed by atoms with Crippen molar-refractivity contribution in [3.05, 3.63) is 0 Å². The quantitative estimate of drug-likeness (QED) is 0.625. The average molecular weight is 169 g/mol. The molecule has 1 aliphatic rings. The van der Waals surface area contributed by atoms with Gasteiger partial charge in [0.2, 0.25) is 0 Å². The molecule has 0 saturated heterocycles. The van der Waals surface area contributed by atoms with Gasteiger partial charge in [-0.2, -0.15) is 0 Å². The van der Waals surface area contributed by atoms with Gasteiger partial charge >= 0.3 is 0 Å². The van der Waals surface area contributed by atoms with Gasteiger partial charge in [-0.3, -0.25) is 0 Å². The highest BCUT2D eigenvalue weighted by Crippen LogP contribution is 2.24. The van der Waals surface area contributed by atoms with E-state index < -0.39 is 0 Å². The van der Waals surface area contributed by atoms with Gasteiger partial charge in [-0.05, 0) is 31.8 Å². The van der Waals surface area contributed by atoms with Crippen molar-refractivity contribution in [2.75, 3.05) is 19.6 Å². The van der Waals surface area contributed by atoms with Crippen LogP contribution in [0, 0.1) is 5.92 Å². The van der Waals surface area contributed by atoms with Crippen molar-refractivity contribution in [1.82, 2.24) is 4.90 Å². The van der Waals surface area contributed by atoms with Crippen LogP contribution in [0.1, 0.15) is 46.0 Å². The molecule has 0 spiro atoms. The zero-order chi connectivity index (χ0) is 8.81. The monoisotopic (exact) mass is 169 g/mol. The van der Waals surface area contributed by atoms with Crippen LogP contribution < -0.4 is 0 Å². The minimum Gasteiger partial charge on any atom is -0.304 e. The molecule has 1 saturated carbocycles. The van der Waals surface area contributed by atoms with Gasteiger partial charge in [-0.1, -0.05) is 33.1 Å². The van der Waals surface area contributed by atoms with E-state index in [0.717, 1.165) is 5.92 Å². The van der Waals surface area contributed by atoms with Gasteiger partial charge in [-0.15, -0.1) is 0 Å². The van der Waals surface area contributed by atoms with Crippen LogP contribution in [0.25, 0.3) is 0 Å². The molecule has 0 bridgehead atoms. The molecule has 1 nitrogen and oxygen atoms in total. The first-order chi connectivity index (χ1) is 5.86. The Morgan fingerprint density at radius 2 is 1.58 bits per heavy atom. The largest absolute Gasteiger partial charge is 0.304 e. The molecule has 12 heavy (non-hydrogen) atoms. The average Bonchev–Trinajstić information content (AvgIpc) is 2.16. The van der Waals surface area contributed by atoms with E-state index >= 15 is 0 Å². The van der Waals surface area contributed by atoms with E-state index in [1.54, 1.807) is 0 Å². The van der Waals surface area contributed by atoms with Gasteiger partial charge in [0.1, 0.15) is 0 Å². The molecule has 1 aliphatic carbocycles. The summed E-state index contributed by atoms with van der Waals surface area (Å²) in [5, 5.41) is 0. The Labute approximate surface area is 77.1 Å². The fraction of sp³-hybridized carbons (Fsp3) is 1.00. The summed E-state index contributed by atoms with van der Waals surface area (Å²) in [5.74, 6) is 1.01. The van der Waals surface area contributed by atoms with Gasteiger partial charge in [0, 0.05) is 6.54 Å². The predicted octanol–water partition coefficient (Wildman–Crippen LogP) is 2.91. The molecule has 0 aromatic heterocycles. The predicted molar refractivity (Wildman–Crippen MR) is 54.4 cm³/mol. The summed E-state index contributed by atoms with van der Waals surface area (Å²) in [5.41, 5.74) is 0. The van der Waals surface area contributed by atoms with E-state index in [1.807, 2.05) is 0 Å². The third-order valence-electron chi connectivity index (χ3n) is 3.14. The van der Waals surface area contributed by atoms with Crippen molar-refractivity contribution in [2.45, 2.75) is 46.0 Å². The van der Waals surface area contributed by atoms with Crippen LogP contribution in [-0.4, -0.2) is 24.5 Å². The number of nitrogens with zero attached hydrogens (tertiary/aromatic N) is 1. The molecular weight excluding hydrogens is 146 g/mol. The second-order valence-electron chi connectivity index (χ2n) is 3.99. The molecule has 0 N–H and O–H groups in total.